The van der Waals surface area contributed by atoms with Crippen molar-refractivity contribution in [2.24, 2.45) is 13.0 Å². The van der Waals surface area contributed by atoms with Gasteiger partial charge in [0.1, 0.15) is 0 Å². The number of alkyl halides is 1. The van der Waals surface area contributed by atoms with Crippen LogP contribution in [0.5, 0.6) is 0 Å². The summed E-state index contributed by atoms with van der Waals surface area (Å²) in [5, 5.41) is 5.63. The Balaban J connectivity index is 2.17. The summed E-state index contributed by atoms with van der Waals surface area (Å²) in [6.45, 7) is 6.68. The van der Waals surface area contributed by atoms with Gasteiger partial charge in [0.15, 0.2) is 0 Å². The van der Waals surface area contributed by atoms with Crippen molar-refractivity contribution in [3.05, 3.63) is 15.9 Å². The number of hydrogen-bond donors (Lipinski definition) is 0. The molecule has 18 heavy (non-hydrogen) atoms. The molecule has 5 heteroatoms. The molecule has 1 aromatic rings. The Morgan fingerprint density at radius 1 is 1.44 bits per heavy atom. The summed E-state index contributed by atoms with van der Waals surface area (Å²) in [6.07, 6.45) is 2.28. The Bertz CT molecular complexity index is 417. The largest absolute Gasteiger partial charge is 0.293 e. The molecule has 1 aliphatic rings. The van der Waals surface area contributed by atoms with Gasteiger partial charge in [-0.25, -0.2) is 0 Å². The van der Waals surface area contributed by atoms with Crippen LogP contribution in [0.4, 0.5) is 0 Å². The van der Waals surface area contributed by atoms with Gasteiger partial charge in [-0.15, -0.1) is 0 Å². The third-order valence-electron chi connectivity index (χ3n) is 4.01. The monoisotopic (exact) mass is 377 g/mol. The standard InChI is InChI=1S/C13H21Br2N3/c1-4-10-13(15)12(17(3)16-10)8-18-6-5-9(2)11(18)7-14/h9,11H,4-8H2,1-3H3. The zero-order valence-corrected chi connectivity index (χ0v) is 14.5. The number of nitrogens with zero attached hydrogens (tertiary/aromatic N) is 3. The Kier molecular flexibility index (Phi) is 4.89. The summed E-state index contributed by atoms with van der Waals surface area (Å²) in [5.74, 6) is 0.780. The zero-order valence-electron chi connectivity index (χ0n) is 11.3. The smallest absolute Gasteiger partial charge is 0.0767 e. The van der Waals surface area contributed by atoms with Gasteiger partial charge >= 0.3 is 0 Å². The topological polar surface area (TPSA) is 21.1 Å². The molecular weight excluding hydrogens is 358 g/mol. The van der Waals surface area contributed by atoms with Gasteiger partial charge in [-0.2, -0.15) is 5.10 Å². The van der Waals surface area contributed by atoms with E-state index >= 15 is 0 Å². The number of hydrogen-bond acceptors (Lipinski definition) is 2. The van der Waals surface area contributed by atoms with Gasteiger partial charge < -0.3 is 0 Å². The average Bonchev–Trinajstić information content (AvgIpc) is 2.84. The number of rotatable bonds is 4. The molecule has 1 saturated heterocycles. The Morgan fingerprint density at radius 3 is 2.72 bits per heavy atom. The van der Waals surface area contributed by atoms with Gasteiger partial charge in [0.2, 0.25) is 0 Å². The van der Waals surface area contributed by atoms with Crippen molar-refractivity contribution in [3.8, 4) is 0 Å². The zero-order chi connectivity index (χ0) is 13.3. The Labute approximate surface area is 126 Å². The lowest BCUT2D eigenvalue weighted by Crippen LogP contribution is -2.33. The van der Waals surface area contributed by atoms with E-state index in [0.29, 0.717) is 6.04 Å². The van der Waals surface area contributed by atoms with Gasteiger partial charge in [0.05, 0.1) is 15.9 Å². The number of aromatic nitrogens is 2. The summed E-state index contributed by atoms with van der Waals surface area (Å²) in [7, 11) is 2.04. The van der Waals surface area contributed by atoms with E-state index < -0.39 is 0 Å². The highest BCUT2D eigenvalue weighted by Gasteiger charge is 2.31. The van der Waals surface area contributed by atoms with Crippen molar-refractivity contribution in [2.45, 2.75) is 39.3 Å². The highest BCUT2D eigenvalue weighted by molar-refractivity contribution is 9.10. The maximum absolute atomic E-state index is 4.57. The third kappa shape index (κ3) is 2.68. The lowest BCUT2D eigenvalue weighted by Gasteiger charge is -2.25. The second-order valence-electron chi connectivity index (χ2n) is 5.14. The third-order valence-corrected chi connectivity index (χ3v) is 5.59. The summed E-state index contributed by atoms with van der Waals surface area (Å²) in [4.78, 5) is 2.57. The maximum Gasteiger partial charge on any atom is 0.0767 e. The van der Waals surface area contributed by atoms with E-state index in [0.717, 1.165) is 29.9 Å². The van der Waals surface area contributed by atoms with Crippen LogP contribution in [-0.4, -0.2) is 32.6 Å². The molecule has 1 aromatic heterocycles. The van der Waals surface area contributed by atoms with Crippen molar-refractivity contribution in [3.63, 3.8) is 0 Å². The molecule has 0 saturated carbocycles. The first-order valence-corrected chi connectivity index (χ1v) is 8.50. The molecule has 0 aromatic carbocycles. The maximum atomic E-state index is 4.57. The van der Waals surface area contributed by atoms with E-state index in [2.05, 4.69) is 55.7 Å². The van der Waals surface area contributed by atoms with Crippen molar-refractivity contribution in [1.82, 2.24) is 14.7 Å². The van der Waals surface area contributed by atoms with Gasteiger partial charge in [-0.05, 0) is 41.2 Å². The first-order valence-electron chi connectivity index (χ1n) is 6.58. The fourth-order valence-electron chi connectivity index (χ4n) is 2.72. The van der Waals surface area contributed by atoms with Crippen molar-refractivity contribution >= 4 is 31.9 Å². The molecule has 0 spiro atoms. The Morgan fingerprint density at radius 2 is 2.17 bits per heavy atom. The highest BCUT2D eigenvalue weighted by Crippen LogP contribution is 2.29. The van der Waals surface area contributed by atoms with Crippen molar-refractivity contribution in [1.29, 1.82) is 0 Å². The van der Waals surface area contributed by atoms with Crippen LogP contribution in [0.1, 0.15) is 31.7 Å². The molecule has 2 rings (SSSR count). The normalized spacial score (nSPS) is 24.9. The molecule has 2 atom stereocenters. The summed E-state index contributed by atoms with van der Waals surface area (Å²) < 4.78 is 3.22. The molecule has 2 unspecified atom stereocenters. The molecule has 102 valence electrons. The molecule has 1 fully saturated rings. The summed E-state index contributed by atoms with van der Waals surface area (Å²) in [5.41, 5.74) is 2.46. The van der Waals surface area contributed by atoms with Crippen LogP contribution in [0.3, 0.4) is 0 Å². The fraction of sp³-hybridized carbons (Fsp3) is 0.769. The van der Waals surface area contributed by atoms with E-state index in [4.69, 9.17) is 0 Å². The predicted octanol–water partition coefficient (Wildman–Crippen LogP) is 3.35. The van der Waals surface area contributed by atoms with Crippen molar-refractivity contribution in [2.75, 3.05) is 11.9 Å². The molecule has 1 aliphatic heterocycles. The van der Waals surface area contributed by atoms with E-state index in [1.54, 1.807) is 0 Å². The predicted molar refractivity (Wildman–Crippen MR) is 82.1 cm³/mol. The SMILES string of the molecule is CCc1nn(C)c(CN2CCC(C)C2CBr)c1Br. The molecular formula is C13H21Br2N3. The molecule has 3 nitrogen and oxygen atoms in total. The average molecular weight is 379 g/mol. The second kappa shape index (κ2) is 6.06. The quantitative estimate of drug-likeness (QED) is 0.749. The van der Waals surface area contributed by atoms with E-state index in [1.165, 1.54) is 23.1 Å². The molecule has 0 N–H and O–H groups in total. The lowest BCUT2D eigenvalue weighted by molar-refractivity contribution is 0.238. The number of halogens is 2. The van der Waals surface area contributed by atoms with Crippen molar-refractivity contribution < 1.29 is 0 Å². The molecule has 2 heterocycles. The molecule has 0 radical (unpaired) electrons. The van der Waals surface area contributed by atoms with E-state index in [9.17, 15) is 0 Å². The van der Waals surface area contributed by atoms with Crippen LogP contribution >= 0.6 is 31.9 Å². The molecule has 0 aliphatic carbocycles. The molecule has 0 amide bonds. The van der Waals surface area contributed by atoms with Crippen LogP contribution in [0.15, 0.2) is 4.47 Å². The highest BCUT2D eigenvalue weighted by atomic mass is 79.9. The number of aryl methyl sites for hydroxylation is 2. The van der Waals surface area contributed by atoms with Crippen LogP contribution in [0, 0.1) is 5.92 Å². The first kappa shape index (κ1) is 14.5. The van der Waals surface area contributed by atoms with Crippen LogP contribution in [-0.2, 0) is 20.0 Å². The fourth-order valence-corrected chi connectivity index (χ4v) is 4.51. The van der Waals surface area contributed by atoms with E-state index in [1.807, 2.05) is 11.7 Å². The van der Waals surface area contributed by atoms with Crippen LogP contribution in [0.2, 0.25) is 0 Å². The van der Waals surface area contributed by atoms with Gasteiger partial charge in [0, 0.05) is 25.0 Å². The minimum Gasteiger partial charge on any atom is -0.293 e. The van der Waals surface area contributed by atoms with E-state index in [-0.39, 0.29) is 0 Å². The number of likely N-dealkylation sites (tertiary alicyclic amines) is 1. The van der Waals surface area contributed by atoms with Gasteiger partial charge in [-0.1, -0.05) is 29.8 Å². The minimum atomic E-state index is 0.650. The minimum absolute atomic E-state index is 0.650. The molecule has 0 bridgehead atoms. The van der Waals surface area contributed by atoms with Gasteiger partial charge in [0.25, 0.3) is 0 Å². The van der Waals surface area contributed by atoms with Gasteiger partial charge in [-0.3, -0.25) is 9.58 Å². The van der Waals surface area contributed by atoms with Crippen LogP contribution < -0.4 is 0 Å². The summed E-state index contributed by atoms with van der Waals surface area (Å²) in [6, 6.07) is 0.650. The van der Waals surface area contributed by atoms with Crippen LogP contribution in [0.25, 0.3) is 0 Å². The Hall–Kier alpha value is 0.130. The summed E-state index contributed by atoms with van der Waals surface area (Å²) >= 11 is 7.36. The first-order chi connectivity index (χ1) is 8.58. The second-order valence-corrected chi connectivity index (χ2v) is 6.58. The lowest BCUT2D eigenvalue weighted by atomic mass is 10.1.